The third-order valence-electron chi connectivity index (χ3n) is 4.96. The first-order chi connectivity index (χ1) is 14.1. The average molecular weight is 389 g/mol. The van der Waals surface area contributed by atoms with Gasteiger partial charge in [-0.15, -0.1) is 0 Å². The van der Waals surface area contributed by atoms with Gasteiger partial charge < -0.3 is 15.0 Å². The van der Waals surface area contributed by atoms with Gasteiger partial charge in [-0.3, -0.25) is 14.9 Å². The number of methoxy groups -OCH3 is 1. The van der Waals surface area contributed by atoms with Crippen molar-refractivity contribution in [3.8, 4) is 5.75 Å². The van der Waals surface area contributed by atoms with Crippen LogP contribution in [0.4, 0.5) is 17.1 Å². The van der Waals surface area contributed by atoms with Crippen LogP contribution in [0.2, 0.25) is 0 Å². The second kappa shape index (κ2) is 7.63. The minimum atomic E-state index is -0.548. The molecule has 1 atom stereocenters. The largest absolute Gasteiger partial charge is 0.490 e. The topological polar surface area (TPSA) is 84.7 Å². The van der Waals surface area contributed by atoms with Crippen molar-refractivity contribution in [3.63, 3.8) is 0 Å². The van der Waals surface area contributed by atoms with Crippen LogP contribution in [0.5, 0.6) is 5.75 Å². The van der Waals surface area contributed by atoms with Crippen LogP contribution in [-0.4, -0.2) is 24.5 Å². The van der Waals surface area contributed by atoms with Gasteiger partial charge in [0.2, 0.25) is 0 Å². The van der Waals surface area contributed by atoms with Crippen molar-refractivity contribution < 1.29 is 14.5 Å². The number of fused-ring (bicyclic) bond motifs is 1. The van der Waals surface area contributed by atoms with Gasteiger partial charge in [0.25, 0.3) is 5.91 Å². The highest BCUT2D eigenvalue weighted by Crippen LogP contribution is 2.37. The molecule has 3 aromatic carbocycles. The Morgan fingerprint density at radius 2 is 1.83 bits per heavy atom. The molecule has 0 fully saturated rings. The first-order valence-corrected chi connectivity index (χ1v) is 9.13. The Labute approximate surface area is 167 Å². The number of benzene rings is 3. The number of carbonyl (C=O) groups is 1. The quantitative estimate of drug-likeness (QED) is 0.527. The number of hydrogen-bond donors (Lipinski definition) is 1. The van der Waals surface area contributed by atoms with Crippen LogP contribution in [0, 0.1) is 10.1 Å². The van der Waals surface area contributed by atoms with Crippen molar-refractivity contribution in [1.82, 2.24) is 0 Å². The predicted octanol–water partition coefficient (Wildman–Crippen LogP) is 4.42. The van der Waals surface area contributed by atoms with E-state index in [4.69, 9.17) is 4.74 Å². The first-order valence-electron chi connectivity index (χ1n) is 9.13. The molecule has 0 saturated heterocycles. The zero-order valence-electron chi connectivity index (χ0n) is 15.7. The number of nitrogens with zero attached hydrogens (tertiary/aromatic N) is 2. The Hall–Kier alpha value is -3.87. The lowest BCUT2D eigenvalue weighted by Crippen LogP contribution is -2.40. The molecular formula is C22H19N3O4. The van der Waals surface area contributed by atoms with Crippen molar-refractivity contribution in [1.29, 1.82) is 0 Å². The number of nitrogens with one attached hydrogen (secondary N) is 1. The van der Waals surface area contributed by atoms with Crippen LogP contribution in [-0.2, 0) is 0 Å². The van der Waals surface area contributed by atoms with Gasteiger partial charge in [-0.05, 0) is 29.8 Å². The SMILES string of the molecule is COc1ccc(C(=O)N2CC(c3ccccc3)Nc3ccccc32)cc1[N+](=O)[O-]. The van der Waals surface area contributed by atoms with Crippen LogP contribution >= 0.6 is 0 Å². The molecule has 0 radical (unpaired) electrons. The molecule has 7 heteroatoms. The average Bonchev–Trinajstić information content (AvgIpc) is 2.78. The van der Waals surface area contributed by atoms with Gasteiger partial charge in [0.1, 0.15) is 0 Å². The van der Waals surface area contributed by atoms with E-state index in [1.807, 2.05) is 54.6 Å². The number of carbonyl (C=O) groups excluding carboxylic acids is 1. The third-order valence-corrected chi connectivity index (χ3v) is 4.96. The van der Waals surface area contributed by atoms with Gasteiger partial charge in [0.15, 0.2) is 5.75 Å². The maximum atomic E-state index is 13.3. The molecule has 1 aliphatic rings. The highest BCUT2D eigenvalue weighted by atomic mass is 16.6. The molecule has 0 bridgehead atoms. The fourth-order valence-corrected chi connectivity index (χ4v) is 3.53. The Bertz CT molecular complexity index is 1070. The zero-order valence-corrected chi connectivity index (χ0v) is 15.7. The minimum absolute atomic E-state index is 0.0942. The Balaban J connectivity index is 1.74. The number of nitro benzene ring substituents is 1. The fraction of sp³-hybridized carbons (Fsp3) is 0.136. The number of ether oxygens (including phenoxy) is 1. The molecule has 1 aliphatic heterocycles. The molecule has 146 valence electrons. The molecular weight excluding hydrogens is 370 g/mol. The predicted molar refractivity (Wildman–Crippen MR) is 111 cm³/mol. The summed E-state index contributed by atoms with van der Waals surface area (Å²) >= 11 is 0. The Morgan fingerprint density at radius 3 is 2.55 bits per heavy atom. The monoisotopic (exact) mass is 389 g/mol. The van der Waals surface area contributed by atoms with Gasteiger partial charge >= 0.3 is 5.69 Å². The van der Waals surface area contributed by atoms with E-state index < -0.39 is 4.92 Å². The van der Waals surface area contributed by atoms with Crippen LogP contribution in [0.15, 0.2) is 72.8 Å². The lowest BCUT2D eigenvalue weighted by Gasteiger charge is -2.36. The van der Waals surface area contributed by atoms with Crippen molar-refractivity contribution in [2.75, 3.05) is 23.9 Å². The summed E-state index contributed by atoms with van der Waals surface area (Å²) in [4.78, 5) is 25.8. The second-order valence-electron chi connectivity index (χ2n) is 6.68. The molecule has 0 aromatic heterocycles. The van der Waals surface area contributed by atoms with E-state index in [0.717, 1.165) is 16.9 Å². The lowest BCUT2D eigenvalue weighted by molar-refractivity contribution is -0.385. The summed E-state index contributed by atoms with van der Waals surface area (Å²) in [6.07, 6.45) is 0. The van der Waals surface area contributed by atoms with Crippen molar-refractivity contribution >= 4 is 23.0 Å². The third kappa shape index (κ3) is 3.50. The molecule has 1 unspecified atom stereocenters. The summed E-state index contributed by atoms with van der Waals surface area (Å²) in [5, 5.41) is 14.8. The molecule has 7 nitrogen and oxygen atoms in total. The van der Waals surface area contributed by atoms with E-state index >= 15 is 0 Å². The van der Waals surface area contributed by atoms with Gasteiger partial charge in [-0.2, -0.15) is 0 Å². The molecule has 1 heterocycles. The van der Waals surface area contributed by atoms with Gasteiger partial charge in [0.05, 0.1) is 36.0 Å². The van der Waals surface area contributed by atoms with Crippen LogP contribution in [0.3, 0.4) is 0 Å². The van der Waals surface area contributed by atoms with Gasteiger partial charge in [-0.1, -0.05) is 42.5 Å². The zero-order chi connectivity index (χ0) is 20.4. The minimum Gasteiger partial charge on any atom is -0.490 e. The van der Waals surface area contributed by atoms with Crippen LogP contribution in [0.1, 0.15) is 22.0 Å². The normalized spacial score (nSPS) is 15.2. The lowest BCUT2D eigenvalue weighted by atomic mass is 10.0. The molecule has 3 aromatic rings. The molecule has 0 aliphatic carbocycles. The first kappa shape index (κ1) is 18.5. The summed E-state index contributed by atoms with van der Waals surface area (Å²) in [7, 11) is 1.36. The smallest absolute Gasteiger partial charge is 0.311 e. The number of rotatable bonds is 4. The number of para-hydroxylation sites is 2. The second-order valence-corrected chi connectivity index (χ2v) is 6.68. The van der Waals surface area contributed by atoms with E-state index in [-0.39, 0.29) is 28.9 Å². The fourth-order valence-electron chi connectivity index (χ4n) is 3.53. The van der Waals surface area contributed by atoms with E-state index in [2.05, 4.69) is 5.32 Å². The molecule has 0 saturated carbocycles. The van der Waals surface area contributed by atoms with Gasteiger partial charge in [-0.25, -0.2) is 0 Å². The van der Waals surface area contributed by atoms with Crippen molar-refractivity contribution in [2.24, 2.45) is 0 Å². The molecule has 4 rings (SSSR count). The number of nitro groups is 1. The standard InChI is InChI=1S/C22H19N3O4/c1-29-21-12-11-16(13-20(21)25(27)28)22(26)24-14-18(15-7-3-2-4-8-15)23-17-9-5-6-10-19(17)24/h2-13,18,23H,14H2,1H3. The summed E-state index contributed by atoms with van der Waals surface area (Å²) in [6, 6.07) is 21.6. The van der Waals surface area contributed by atoms with E-state index in [9.17, 15) is 14.9 Å². The molecule has 1 N–H and O–H groups in total. The van der Waals surface area contributed by atoms with Crippen molar-refractivity contribution in [2.45, 2.75) is 6.04 Å². The maximum absolute atomic E-state index is 13.3. The van der Waals surface area contributed by atoms with Crippen LogP contribution < -0.4 is 15.0 Å². The van der Waals surface area contributed by atoms with Gasteiger partial charge in [0, 0.05) is 11.6 Å². The molecule has 1 amide bonds. The van der Waals surface area contributed by atoms with E-state index in [1.165, 1.54) is 19.2 Å². The summed E-state index contributed by atoms with van der Waals surface area (Å²) in [5.74, 6) is -0.181. The number of hydrogen-bond acceptors (Lipinski definition) is 5. The summed E-state index contributed by atoms with van der Waals surface area (Å²) < 4.78 is 5.04. The number of amides is 1. The van der Waals surface area contributed by atoms with Crippen LogP contribution in [0.25, 0.3) is 0 Å². The highest BCUT2D eigenvalue weighted by Gasteiger charge is 2.30. The highest BCUT2D eigenvalue weighted by molar-refractivity contribution is 6.08. The van der Waals surface area contributed by atoms with E-state index in [0.29, 0.717) is 6.54 Å². The van der Waals surface area contributed by atoms with Crippen molar-refractivity contribution in [3.05, 3.63) is 94.0 Å². The van der Waals surface area contributed by atoms with E-state index in [1.54, 1.807) is 11.0 Å². The Morgan fingerprint density at radius 1 is 1.10 bits per heavy atom. The summed E-state index contributed by atoms with van der Waals surface area (Å²) in [5.41, 5.74) is 2.63. The number of anilines is 2. The maximum Gasteiger partial charge on any atom is 0.311 e. The Kier molecular flexibility index (Phi) is 4.87. The molecule has 29 heavy (non-hydrogen) atoms. The summed E-state index contributed by atoms with van der Waals surface area (Å²) in [6.45, 7) is 0.402. The molecule has 0 spiro atoms.